The lowest BCUT2D eigenvalue weighted by molar-refractivity contribution is -0.505. The Hall–Kier alpha value is -2.15. The number of carbonyl (C=O) groups is 1. The van der Waals surface area contributed by atoms with Gasteiger partial charge < -0.3 is 9.30 Å². The van der Waals surface area contributed by atoms with Gasteiger partial charge in [0.25, 0.3) is 6.04 Å². The minimum absolute atomic E-state index is 0.0445. The summed E-state index contributed by atoms with van der Waals surface area (Å²) in [5.74, 6) is -1.20. The molecular weight excluding hydrogens is 322 g/mol. The van der Waals surface area contributed by atoms with E-state index >= 15 is 0 Å². The fourth-order valence-electron chi connectivity index (χ4n) is 2.88. The second-order valence-electron chi connectivity index (χ2n) is 5.33. The molecule has 0 radical (unpaired) electrons. The van der Waals surface area contributed by atoms with Gasteiger partial charge in [0.1, 0.15) is 12.5 Å². The predicted octanol–water partition coefficient (Wildman–Crippen LogP) is 2.28. The van der Waals surface area contributed by atoms with Crippen molar-refractivity contribution in [2.45, 2.75) is 25.8 Å². The second kappa shape index (κ2) is 6.95. The lowest BCUT2D eigenvalue weighted by Crippen LogP contribution is -2.40. The molecule has 1 aliphatic heterocycles. The van der Waals surface area contributed by atoms with Crippen molar-refractivity contribution in [2.24, 2.45) is 12.0 Å². The molecule has 2 heterocycles. The van der Waals surface area contributed by atoms with Gasteiger partial charge in [-0.3, -0.25) is 15.1 Å². The van der Waals surface area contributed by atoms with Crippen molar-refractivity contribution in [3.8, 4) is 0 Å². The number of nitro groups is 1. The fraction of sp³-hybridized carbons (Fsp3) is 0.467. The summed E-state index contributed by atoms with van der Waals surface area (Å²) in [4.78, 5) is 27.8. The lowest BCUT2D eigenvalue weighted by Gasteiger charge is -2.27. The van der Waals surface area contributed by atoms with E-state index in [-0.39, 0.29) is 18.1 Å². The summed E-state index contributed by atoms with van der Waals surface area (Å²) in [5.41, 5.74) is 1.68. The number of halogens is 1. The predicted molar refractivity (Wildman–Crippen MR) is 86.4 cm³/mol. The standard InChI is InChI=1S/C15H18ClN3O4/c1-9-12(15(20)23-8-6-16)13(11-5-4-7-18(11)3)14(19(21)22)10(2)17-9/h4-5,7,13-14H,6,8H2,1-3H3. The molecule has 2 rings (SSSR count). The number of aryl methyl sites for hydroxylation is 1. The summed E-state index contributed by atoms with van der Waals surface area (Å²) in [7, 11) is 1.78. The highest BCUT2D eigenvalue weighted by atomic mass is 35.5. The highest BCUT2D eigenvalue weighted by Gasteiger charge is 2.45. The van der Waals surface area contributed by atoms with Gasteiger partial charge in [0.15, 0.2) is 0 Å². The van der Waals surface area contributed by atoms with E-state index in [4.69, 9.17) is 16.3 Å². The second-order valence-corrected chi connectivity index (χ2v) is 5.71. The van der Waals surface area contributed by atoms with Crippen molar-refractivity contribution in [2.75, 3.05) is 12.5 Å². The molecule has 0 saturated heterocycles. The Bertz CT molecular complexity index is 693. The third-order valence-corrected chi connectivity index (χ3v) is 4.00. The molecule has 2 atom stereocenters. The largest absolute Gasteiger partial charge is 0.461 e. The number of aliphatic imine (C=N–C) groups is 1. The molecule has 0 N–H and O–H groups in total. The van der Waals surface area contributed by atoms with E-state index < -0.39 is 22.9 Å². The molecule has 0 saturated carbocycles. The molecule has 23 heavy (non-hydrogen) atoms. The minimum atomic E-state index is -1.11. The first-order chi connectivity index (χ1) is 10.9. The molecule has 1 aliphatic rings. The van der Waals surface area contributed by atoms with E-state index in [1.807, 2.05) is 0 Å². The van der Waals surface area contributed by atoms with Crippen LogP contribution in [0.5, 0.6) is 0 Å². The summed E-state index contributed by atoms with van der Waals surface area (Å²) < 4.78 is 6.87. The Morgan fingerprint density at radius 3 is 2.74 bits per heavy atom. The van der Waals surface area contributed by atoms with Crippen LogP contribution in [0.4, 0.5) is 0 Å². The maximum atomic E-state index is 12.4. The topological polar surface area (TPSA) is 86.7 Å². The van der Waals surface area contributed by atoms with Crippen LogP contribution in [0.3, 0.4) is 0 Å². The molecular formula is C15H18ClN3O4. The van der Waals surface area contributed by atoms with E-state index in [1.165, 1.54) is 0 Å². The van der Waals surface area contributed by atoms with Gasteiger partial charge in [-0.25, -0.2) is 4.79 Å². The van der Waals surface area contributed by atoms with Gasteiger partial charge in [-0.15, -0.1) is 11.6 Å². The smallest absolute Gasteiger partial charge is 0.336 e. The molecule has 8 heteroatoms. The zero-order chi connectivity index (χ0) is 17.1. The zero-order valence-corrected chi connectivity index (χ0v) is 13.9. The molecule has 7 nitrogen and oxygen atoms in total. The zero-order valence-electron chi connectivity index (χ0n) is 13.2. The van der Waals surface area contributed by atoms with Crippen LogP contribution in [-0.2, 0) is 16.6 Å². The molecule has 0 fully saturated rings. The minimum Gasteiger partial charge on any atom is -0.461 e. The van der Waals surface area contributed by atoms with Gasteiger partial charge in [-0.1, -0.05) is 0 Å². The van der Waals surface area contributed by atoms with Crippen LogP contribution in [-0.4, -0.2) is 39.7 Å². The van der Waals surface area contributed by atoms with Gasteiger partial charge in [0.05, 0.1) is 17.2 Å². The van der Waals surface area contributed by atoms with Crippen molar-refractivity contribution in [3.63, 3.8) is 0 Å². The van der Waals surface area contributed by atoms with Gasteiger partial charge >= 0.3 is 5.97 Å². The number of rotatable bonds is 5. The van der Waals surface area contributed by atoms with Gasteiger partial charge in [0, 0.05) is 29.6 Å². The van der Waals surface area contributed by atoms with Crippen LogP contribution in [0.15, 0.2) is 34.6 Å². The number of hydrogen-bond donors (Lipinski definition) is 0. The first-order valence-electron chi connectivity index (χ1n) is 7.12. The summed E-state index contributed by atoms with van der Waals surface area (Å²) in [6, 6.07) is 2.44. The number of hydrogen-bond acceptors (Lipinski definition) is 5. The van der Waals surface area contributed by atoms with Crippen LogP contribution in [0.2, 0.25) is 0 Å². The molecule has 0 bridgehead atoms. The Kier molecular flexibility index (Phi) is 5.20. The average molecular weight is 340 g/mol. The number of nitrogens with zero attached hydrogens (tertiary/aromatic N) is 3. The molecule has 0 spiro atoms. The number of aromatic nitrogens is 1. The van der Waals surface area contributed by atoms with Crippen LogP contribution in [0, 0.1) is 10.1 Å². The molecule has 0 amide bonds. The van der Waals surface area contributed by atoms with Crippen molar-refractivity contribution >= 4 is 23.3 Å². The summed E-state index contributed by atoms with van der Waals surface area (Å²) >= 11 is 5.55. The molecule has 2 unspecified atom stereocenters. The number of carbonyl (C=O) groups excluding carboxylic acids is 1. The van der Waals surface area contributed by atoms with Gasteiger partial charge in [-0.2, -0.15) is 0 Å². The number of esters is 1. The summed E-state index contributed by atoms with van der Waals surface area (Å²) in [6.45, 7) is 3.31. The number of alkyl halides is 1. The molecule has 1 aromatic heterocycles. The first-order valence-corrected chi connectivity index (χ1v) is 7.65. The van der Waals surface area contributed by atoms with Gasteiger partial charge in [-0.05, 0) is 26.0 Å². The highest BCUT2D eigenvalue weighted by Crippen LogP contribution is 2.36. The van der Waals surface area contributed by atoms with Crippen molar-refractivity contribution in [3.05, 3.63) is 45.4 Å². The van der Waals surface area contributed by atoms with Crippen molar-refractivity contribution in [1.82, 2.24) is 4.57 Å². The van der Waals surface area contributed by atoms with E-state index in [9.17, 15) is 14.9 Å². The number of ether oxygens (including phenoxy) is 1. The van der Waals surface area contributed by atoms with E-state index in [0.717, 1.165) is 0 Å². The van der Waals surface area contributed by atoms with Crippen molar-refractivity contribution < 1.29 is 14.5 Å². The third-order valence-electron chi connectivity index (χ3n) is 3.85. The summed E-state index contributed by atoms with van der Waals surface area (Å²) in [5, 5.41) is 11.6. The van der Waals surface area contributed by atoms with Crippen LogP contribution in [0.1, 0.15) is 25.5 Å². The fourth-order valence-corrected chi connectivity index (χ4v) is 2.96. The Labute approximate surface area is 138 Å². The van der Waals surface area contributed by atoms with Crippen LogP contribution in [0.25, 0.3) is 0 Å². The normalized spacial score (nSPS) is 21.1. The van der Waals surface area contributed by atoms with Crippen LogP contribution < -0.4 is 0 Å². The first kappa shape index (κ1) is 17.2. The average Bonchev–Trinajstić information content (AvgIpc) is 2.89. The molecule has 0 aromatic carbocycles. The lowest BCUT2D eigenvalue weighted by atomic mass is 9.83. The molecule has 0 aliphatic carbocycles. The molecule has 124 valence electrons. The third kappa shape index (κ3) is 3.29. The SMILES string of the molecule is CC1=NC(C)=C(C(=O)OCCCl)C(c2cccn2C)C1[N+](=O)[O-]. The van der Waals surface area contributed by atoms with Crippen LogP contribution >= 0.6 is 11.6 Å². The maximum absolute atomic E-state index is 12.4. The Morgan fingerprint density at radius 2 is 2.22 bits per heavy atom. The van der Waals surface area contributed by atoms with Crippen molar-refractivity contribution in [1.29, 1.82) is 0 Å². The van der Waals surface area contributed by atoms with E-state index in [2.05, 4.69) is 4.99 Å². The van der Waals surface area contributed by atoms with Gasteiger partial charge in [0.2, 0.25) is 0 Å². The quantitative estimate of drug-likeness (QED) is 0.356. The number of allylic oxidation sites excluding steroid dienone is 1. The Balaban J connectivity index is 2.57. The Morgan fingerprint density at radius 1 is 1.52 bits per heavy atom. The van der Waals surface area contributed by atoms with E-state index in [0.29, 0.717) is 17.1 Å². The maximum Gasteiger partial charge on any atom is 0.336 e. The summed E-state index contributed by atoms with van der Waals surface area (Å²) in [6.07, 6.45) is 1.78. The van der Waals surface area contributed by atoms with E-state index in [1.54, 1.807) is 43.8 Å². The monoisotopic (exact) mass is 339 g/mol. The highest BCUT2D eigenvalue weighted by molar-refractivity contribution is 6.18. The molecule has 1 aromatic rings.